The highest BCUT2D eigenvalue weighted by molar-refractivity contribution is 6.31. The third-order valence-electron chi connectivity index (χ3n) is 2.77. The van der Waals surface area contributed by atoms with E-state index in [4.69, 9.17) is 27.9 Å². The Morgan fingerprint density at radius 2 is 1.81 bits per heavy atom. The van der Waals surface area contributed by atoms with E-state index in [1.165, 1.54) is 0 Å². The lowest BCUT2D eigenvalue weighted by atomic mass is 10.2. The van der Waals surface area contributed by atoms with Crippen molar-refractivity contribution in [3.8, 4) is 11.6 Å². The molecule has 0 amide bonds. The van der Waals surface area contributed by atoms with Crippen LogP contribution in [0.25, 0.3) is 0 Å². The van der Waals surface area contributed by atoms with Gasteiger partial charge in [-0.25, -0.2) is 4.98 Å². The number of rotatable bonds is 6. The van der Waals surface area contributed by atoms with E-state index in [0.717, 1.165) is 12.2 Å². The first-order chi connectivity index (χ1) is 10.0. The molecule has 2 rings (SSSR count). The molecule has 0 aliphatic rings. The minimum Gasteiger partial charge on any atom is -0.439 e. The fourth-order valence-corrected chi connectivity index (χ4v) is 2.05. The van der Waals surface area contributed by atoms with Gasteiger partial charge in [-0.3, -0.25) is 0 Å². The largest absolute Gasteiger partial charge is 0.439 e. The number of nitrogens with zero attached hydrogens (tertiary/aromatic N) is 1. The molecule has 1 heterocycles. The average molecular weight is 325 g/mol. The summed E-state index contributed by atoms with van der Waals surface area (Å²) in [6.45, 7) is 5.85. The highest BCUT2D eigenvalue weighted by Crippen LogP contribution is 2.24. The number of hydrogen-bond donors (Lipinski definition) is 1. The zero-order chi connectivity index (χ0) is 15.2. The molecule has 21 heavy (non-hydrogen) atoms. The molecule has 2 aromatic rings. The minimum atomic E-state index is 0.517. The van der Waals surface area contributed by atoms with Gasteiger partial charge in [0.05, 0.1) is 10.7 Å². The van der Waals surface area contributed by atoms with Crippen molar-refractivity contribution >= 4 is 23.2 Å². The molecular formula is C16H18Cl2N2O. The van der Waals surface area contributed by atoms with Crippen LogP contribution in [-0.2, 0) is 6.54 Å². The predicted molar refractivity (Wildman–Crippen MR) is 87.3 cm³/mol. The highest BCUT2D eigenvalue weighted by atomic mass is 35.5. The Bertz CT molecular complexity index is 585. The second-order valence-corrected chi connectivity index (χ2v) is 6.00. The van der Waals surface area contributed by atoms with Crippen molar-refractivity contribution in [2.24, 2.45) is 5.92 Å². The summed E-state index contributed by atoms with van der Waals surface area (Å²) in [5.74, 6) is 1.79. The predicted octanol–water partition coefficient (Wildman–Crippen LogP) is 4.93. The van der Waals surface area contributed by atoms with E-state index < -0.39 is 0 Å². The first-order valence-electron chi connectivity index (χ1n) is 6.84. The van der Waals surface area contributed by atoms with Crippen LogP contribution in [0.15, 0.2) is 36.4 Å². The van der Waals surface area contributed by atoms with E-state index in [9.17, 15) is 0 Å². The number of ether oxygens (including phenoxy) is 1. The maximum absolute atomic E-state index is 6.16. The summed E-state index contributed by atoms with van der Waals surface area (Å²) >= 11 is 12.0. The van der Waals surface area contributed by atoms with Gasteiger partial charge in [-0.2, -0.15) is 0 Å². The monoisotopic (exact) mass is 324 g/mol. The fraction of sp³-hybridized carbons (Fsp3) is 0.312. The van der Waals surface area contributed by atoms with Crippen LogP contribution in [0.5, 0.6) is 11.6 Å². The van der Waals surface area contributed by atoms with Crippen molar-refractivity contribution in [2.45, 2.75) is 20.4 Å². The van der Waals surface area contributed by atoms with E-state index in [-0.39, 0.29) is 0 Å². The van der Waals surface area contributed by atoms with Crippen molar-refractivity contribution < 1.29 is 4.74 Å². The summed E-state index contributed by atoms with van der Waals surface area (Å²) in [7, 11) is 0. The highest BCUT2D eigenvalue weighted by Gasteiger charge is 2.06. The molecule has 112 valence electrons. The van der Waals surface area contributed by atoms with Crippen molar-refractivity contribution in [3.05, 3.63) is 52.1 Å². The van der Waals surface area contributed by atoms with E-state index in [1.807, 2.05) is 0 Å². The quantitative estimate of drug-likeness (QED) is 0.818. The van der Waals surface area contributed by atoms with Gasteiger partial charge < -0.3 is 10.1 Å². The molecule has 0 saturated carbocycles. The van der Waals surface area contributed by atoms with Gasteiger partial charge in [-0.05, 0) is 42.8 Å². The number of aromatic nitrogens is 1. The average Bonchev–Trinajstić information content (AvgIpc) is 2.44. The summed E-state index contributed by atoms with van der Waals surface area (Å²) in [5.41, 5.74) is 0.781. The van der Waals surface area contributed by atoms with Gasteiger partial charge >= 0.3 is 0 Å². The van der Waals surface area contributed by atoms with Crippen molar-refractivity contribution in [2.75, 3.05) is 6.54 Å². The number of halogens is 2. The molecule has 3 nitrogen and oxygen atoms in total. The van der Waals surface area contributed by atoms with Gasteiger partial charge in [0, 0.05) is 17.6 Å². The maximum Gasteiger partial charge on any atom is 0.219 e. The molecule has 0 radical (unpaired) electrons. The van der Waals surface area contributed by atoms with Crippen LogP contribution < -0.4 is 10.1 Å². The molecule has 0 atom stereocenters. The molecule has 0 unspecified atom stereocenters. The van der Waals surface area contributed by atoms with Gasteiger partial charge in [-0.1, -0.05) is 37.0 Å². The fourth-order valence-electron chi connectivity index (χ4n) is 1.75. The number of benzene rings is 1. The second kappa shape index (κ2) is 7.64. The third kappa shape index (κ3) is 5.20. The summed E-state index contributed by atoms with van der Waals surface area (Å²) in [5, 5.41) is 4.63. The van der Waals surface area contributed by atoms with Crippen molar-refractivity contribution in [1.82, 2.24) is 10.3 Å². The number of nitrogens with one attached hydrogen (secondary N) is 1. The molecule has 1 N–H and O–H groups in total. The Hall–Kier alpha value is -1.29. The topological polar surface area (TPSA) is 34.2 Å². The van der Waals surface area contributed by atoms with Crippen LogP contribution in [0.2, 0.25) is 10.0 Å². The molecule has 1 aromatic heterocycles. The Labute approximate surface area is 135 Å². The molecule has 0 aliphatic heterocycles. The van der Waals surface area contributed by atoms with Gasteiger partial charge in [0.25, 0.3) is 0 Å². The summed E-state index contributed by atoms with van der Waals surface area (Å²) in [6, 6.07) is 10.7. The van der Waals surface area contributed by atoms with Crippen molar-refractivity contribution in [3.63, 3.8) is 0 Å². The van der Waals surface area contributed by atoms with E-state index in [2.05, 4.69) is 24.1 Å². The minimum absolute atomic E-state index is 0.517. The zero-order valence-electron chi connectivity index (χ0n) is 12.1. The van der Waals surface area contributed by atoms with E-state index >= 15 is 0 Å². The molecule has 0 bridgehead atoms. The van der Waals surface area contributed by atoms with Gasteiger partial charge in [0.2, 0.25) is 5.88 Å². The third-order valence-corrected chi connectivity index (χ3v) is 3.37. The van der Waals surface area contributed by atoms with Crippen LogP contribution in [0.3, 0.4) is 0 Å². The molecular weight excluding hydrogens is 307 g/mol. The van der Waals surface area contributed by atoms with Crippen LogP contribution >= 0.6 is 23.2 Å². The molecule has 0 fully saturated rings. The zero-order valence-corrected chi connectivity index (χ0v) is 13.6. The Morgan fingerprint density at radius 1 is 1.10 bits per heavy atom. The Morgan fingerprint density at radius 3 is 2.48 bits per heavy atom. The standard InChI is InChI=1S/C16H18Cl2N2O/c1-11(2)9-19-10-15-14(18)7-8-16(20-15)21-13-5-3-12(17)4-6-13/h3-8,11,19H,9-10H2,1-2H3. The SMILES string of the molecule is CC(C)CNCc1nc(Oc2ccc(Cl)cc2)ccc1Cl. The van der Waals surface area contributed by atoms with Crippen LogP contribution in [0.1, 0.15) is 19.5 Å². The summed E-state index contributed by atoms with van der Waals surface area (Å²) in [6.07, 6.45) is 0. The van der Waals surface area contributed by atoms with Crippen LogP contribution in [0, 0.1) is 5.92 Å². The molecule has 1 aromatic carbocycles. The van der Waals surface area contributed by atoms with Gasteiger partial charge in [0.15, 0.2) is 0 Å². The Kier molecular flexibility index (Phi) is 5.85. The molecule has 0 aliphatic carbocycles. The lowest BCUT2D eigenvalue weighted by Gasteiger charge is -2.10. The summed E-state index contributed by atoms with van der Waals surface area (Å²) in [4.78, 5) is 4.44. The van der Waals surface area contributed by atoms with Crippen LogP contribution in [-0.4, -0.2) is 11.5 Å². The smallest absolute Gasteiger partial charge is 0.219 e. The first-order valence-corrected chi connectivity index (χ1v) is 7.60. The normalized spacial score (nSPS) is 10.9. The molecule has 5 heteroatoms. The lowest BCUT2D eigenvalue weighted by molar-refractivity contribution is 0.458. The van der Waals surface area contributed by atoms with E-state index in [0.29, 0.717) is 34.1 Å². The number of hydrogen-bond acceptors (Lipinski definition) is 3. The van der Waals surface area contributed by atoms with Crippen molar-refractivity contribution in [1.29, 1.82) is 0 Å². The van der Waals surface area contributed by atoms with E-state index in [1.54, 1.807) is 36.4 Å². The van der Waals surface area contributed by atoms with Gasteiger partial charge in [-0.15, -0.1) is 0 Å². The second-order valence-electron chi connectivity index (χ2n) is 5.16. The number of pyridine rings is 1. The molecule has 0 spiro atoms. The maximum atomic E-state index is 6.16. The lowest BCUT2D eigenvalue weighted by Crippen LogP contribution is -2.19. The van der Waals surface area contributed by atoms with Crippen LogP contribution in [0.4, 0.5) is 0 Å². The Balaban J connectivity index is 2.05. The molecule has 0 saturated heterocycles. The summed E-state index contributed by atoms with van der Waals surface area (Å²) < 4.78 is 5.70. The van der Waals surface area contributed by atoms with Gasteiger partial charge in [0.1, 0.15) is 5.75 Å². The first kappa shape index (κ1) is 16.1.